The highest BCUT2D eigenvalue weighted by atomic mass is 35.5. The Morgan fingerprint density at radius 2 is 2.13 bits per heavy atom. The van der Waals surface area contributed by atoms with Gasteiger partial charge in [-0.05, 0) is 30.4 Å². The van der Waals surface area contributed by atoms with Crippen LogP contribution in [0.5, 0.6) is 0 Å². The summed E-state index contributed by atoms with van der Waals surface area (Å²) in [5.74, 6) is 1.87. The van der Waals surface area contributed by atoms with Crippen LogP contribution < -0.4 is 5.32 Å². The molecule has 2 fully saturated rings. The molecule has 1 aliphatic heterocycles. The van der Waals surface area contributed by atoms with Gasteiger partial charge in [0.1, 0.15) is 16.7 Å². The number of likely N-dealkylation sites (N-methyl/N-ethyl adjacent to an activating group) is 1. The molecule has 6 unspecified atom stereocenters. The molecule has 2 bridgehead atoms. The average molecular weight is 343 g/mol. The highest BCUT2D eigenvalue weighted by Gasteiger charge is 2.53. The van der Waals surface area contributed by atoms with E-state index in [-0.39, 0.29) is 35.8 Å². The molecule has 0 aromatic carbocycles. The number of halogens is 1. The van der Waals surface area contributed by atoms with E-state index < -0.39 is 0 Å². The quantitative estimate of drug-likeness (QED) is 0.639. The summed E-state index contributed by atoms with van der Waals surface area (Å²) in [5.41, 5.74) is 0.317. The molecular formula is C16H27ClN4O2. The smallest absolute Gasteiger partial charge is 0.150 e. The first kappa shape index (κ1) is 18.2. The van der Waals surface area contributed by atoms with Gasteiger partial charge < -0.3 is 20.1 Å². The number of nitrogens with one attached hydrogen (secondary N) is 2. The van der Waals surface area contributed by atoms with Gasteiger partial charge in [0, 0.05) is 20.7 Å². The lowest BCUT2D eigenvalue weighted by molar-refractivity contribution is -0.0278. The maximum absolute atomic E-state index is 9.85. The largest absolute Gasteiger partial charge is 0.396 e. The first-order valence-corrected chi connectivity index (χ1v) is 8.35. The zero-order valence-corrected chi connectivity index (χ0v) is 15.0. The monoisotopic (exact) mass is 342 g/mol. The van der Waals surface area contributed by atoms with Crippen LogP contribution in [0.25, 0.3) is 0 Å². The molecule has 23 heavy (non-hydrogen) atoms. The van der Waals surface area contributed by atoms with Crippen LogP contribution in [0.3, 0.4) is 0 Å². The number of hydrogen-bond acceptors (Lipinski definition) is 6. The molecule has 7 heteroatoms. The second-order valence-corrected chi connectivity index (χ2v) is 6.93. The van der Waals surface area contributed by atoms with E-state index in [0.29, 0.717) is 30.0 Å². The first-order chi connectivity index (χ1) is 10.9. The van der Waals surface area contributed by atoms with Crippen LogP contribution in [-0.4, -0.2) is 61.3 Å². The Bertz CT molecular complexity index is 510. The second kappa shape index (κ2) is 7.20. The number of hydrogen-bond donors (Lipinski definition) is 3. The molecule has 0 radical (unpaired) electrons. The zero-order chi connectivity index (χ0) is 17.3. The third-order valence-corrected chi connectivity index (χ3v) is 5.79. The molecule has 2 rings (SSSR count). The molecule has 2 aliphatic rings. The number of rotatable bonds is 6. The fraction of sp³-hybridized carbons (Fsp3) is 0.750. The summed E-state index contributed by atoms with van der Waals surface area (Å²) >= 11 is 5.85. The lowest BCUT2D eigenvalue weighted by Crippen LogP contribution is -2.56. The van der Waals surface area contributed by atoms with Crippen molar-refractivity contribution in [2.75, 3.05) is 27.3 Å². The number of aliphatic hydroxyl groups excluding tert-OH is 1. The summed E-state index contributed by atoms with van der Waals surface area (Å²) in [4.78, 5) is 5.94. The summed E-state index contributed by atoms with van der Waals surface area (Å²) in [6.45, 7) is 8.72. The van der Waals surface area contributed by atoms with Gasteiger partial charge in [0.25, 0.3) is 0 Å². The molecule has 0 spiro atoms. The van der Waals surface area contributed by atoms with Gasteiger partial charge >= 0.3 is 0 Å². The molecule has 6 atom stereocenters. The van der Waals surface area contributed by atoms with E-state index in [2.05, 4.69) is 30.9 Å². The molecule has 1 saturated carbocycles. The maximum atomic E-state index is 9.85. The molecule has 130 valence electrons. The third kappa shape index (κ3) is 2.99. The van der Waals surface area contributed by atoms with Crippen LogP contribution in [0.15, 0.2) is 16.5 Å². The minimum atomic E-state index is -0.156. The molecule has 6 nitrogen and oxygen atoms in total. The van der Waals surface area contributed by atoms with Gasteiger partial charge in [-0.1, -0.05) is 25.4 Å². The summed E-state index contributed by atoms with van der Waals surface area (Å²) in [5, 5.41) is 20.5. The van der Waals surface area contributed by atoms with E-state index in [9.17, 15) is 5.11 Å². The molecule has 1 heterocycles. The third-order valence-electron chi connectivity index (χ3n) is 5.61. The van der Waals surface area contributed by atoms with Crippen LogP contribution in [0.2, 0.25) is 0 Å². The van der Waals surface area contributed by atoms with E-state index in [0.717, 1.165) is 0 Å². The maximum Gasteiger partial charge on any atom is 0.150 e. The summed E-state index contributed by atoms with van der Waals surface area (Å²) in [7, 11) is 3.72. The Kier molecular flexibility index (Phi) is 5.70. The van der Waals surface area contributed by atoms with Crippen LogP contribution >= 0.6 is 11.6 Å². The van der Waals surface area contributed by atoms with Crippen molar-refractivity contribution < 1.29 is 9.84 Å². The van der Waals surface area contributed by atoms with E-state index in [1.54, 1.807) is 7.05 Å². The molecule has 0 aromatic rings. The number of ether oxygens (including phenoxy) is 1. The molecule has 1 aliphatic carbocycles. The Morgan fingerprint density at radius 3 is 2.61 bits per heavy atom. The minimum Gasteiger partial charge on any atom is -0.396 e. The predicted octanol–water partition coefficient (Wildman–Crippen LogP) is 1.50. The lowest BCUT2D eigenvalue weighted by Gasteiger charge is -2.47. The second-order valence-electron chi connectivity index (χ2n) is 6.55. The zero-order valence-electron chi connectivity index (χ0n) is 14.2. The molecule has 3 N–H and O–H groups in total. The Labute approximate surface area is 143 Å². The van der Waals surface area contributed by atoms with Crippen LogP contribution in [0.1, 0.15) is 13.8 Å². The van der Waals surface area contributed by atoms with Crippen molar-refractivity contribution >= 4 is 23.5 Å². The Hall–Kier alpha value is -1.11. The number of fused-ring (bicyclic) bond motifs is 2. The van der Waals surface area contributed by atoms with Crippen molar-refractivity contribution in [2.45, 2.75) is 26.0 Å². The van der Waals surface area contributed by atoms with Crippen molar-refractivity contribution in [2.24, 2.45) is 28.7 Å². The van der Waals surface area contributed by atoms with Crippen molar-refractivity contribution in [1.82, 2.24) is 10.2 Å². The van der Waals surface area contributed by atoms with E-state index in [4.69, 9.17) is 21.7 Å². The predicted molar refractivity (Wildman–Crippen MR) is 92.9 cm³/mol. The Morgan fingerprint density at radius 1 is 1.48 bits per heavy atom. The van der Waals surface area contributed by atoms with Gasteiger partial charge in [-0.3, -0.25) is 10.4 Å². The minimum absolute atomic E-state index is 0.0658. The SMILES string of the molecule is C=N/C(C(=N)Cl)=C(/NC)N(C)C1C(C)C(CO)C2COC1C2C. The molecule has 0 aromatic heterocycles. The molecular weight excluding hydrogens is 316 g/mol. The van der Waals surface area contributed by atoms with Gasteiger partial charge in [-0.2, -0.15) is 0 Å². The number of allylic oxidation sites excluding steroid dienone is 1. The standard InChI is InChI=1S/C16H27ClN4O2/c1-8-10(6-22)11-7-23-14(9(11)2)13(8)21(5)16(20-4)12(19-3)15(17)18/h8-11,13-14,18,20,22H,3,6-7H2,1-2,4-5H3/b16-12-,18-15?. The number of aliphatic imine (C=N–C) groups is 1. The van der Waals surface area contributed by atoms with Crippen LogP contribution in [0, 0.1) is 29.1 Å². The van der Waals surface area contributed by atoms with Gasteiger partial charge in [-0.25, -0.2) is 0 Å². The number of nitrogens with zero attached hydrogens (tertiary/aromatic N) is 2. The van der Waals surface area contributed by atoms with E-state index >= 15 is 0 Å². The van der Waals surface area contributed by atoms with Gasteiger partial charge in [0.15, 0.2) is 0 Å². The van der Waals surface area contributed by atoms with E-state index in [1.807, 2.05) is 11.9 Å². The number of aliphatic hydroxyl groups is 1. The van der Waals surface area contributed by atoms with Crippen LogP contribution in [-0.2, 0) is 4.74 Å². The fourth-order valence-corrected chi connectivity index (χ4v) is 4.52. The highest BCUT2D eigenvalue weighted by Crippen LogP contribution is 2.47. The van der Waals surface area contributed by atoms with Gasteiger partial charge in [-0.15, -0.1) is 0 Å². The van der Waals surface area contributed by atoms with Crippen molar-refractivity contribution in [3.05, 3.63) is 11.5 Å². The normalized spacial score (nSPS) is 37.1. The molecule has 0 amide bonds. The summed E-state index contributed by atoms with van der Waals surface area (Å²) < 4.78 is 6.06. The van der Waals surface area contributed by atoms with Crippen molar-refractivity contribution in [3.63, 3.8) is 0 Å². The van der Waals surface area contributed by atoms with E-state index in [1.165, 1.54) is 0 Å². The molecule has 1 saturated heterocycles. The first-order valence-electron chi connectivity index (χ1n) is 7.97. The van der Waals surface area contributed by atoms with Crippen molar-refractivity contribution in [1.29, 1.82) is 5.41 Å². The highest BCUT2D eigenvalue weighted by molar-refractivity contribution is 6.68. The van der Waals surface area contributed by atoms with Gasteiger partial charge in [0.2, 0.25) is 0 Å². The van der Waals surface area contributed by atoms with Crippen LogP contribution in [0.4, 0.5) is 0 Å². The Balaban J connectivity index is 2.41. The summed E-state index contributed by atoms with van der Waals surface area (Å²) in [6, 6.07) is 0.0658. The lowest BCUT2D eigenvalue weighted by atomic mass is 9.66. The van der Waals surface area contributed by atoms with Crippen molar-refractivity contribution in [3.8, 4) is 0 Å². The summed E-state index contributed by atoms with van der Waals surface area (Å²) in [6.07, 6.45) is 0.0849. The van der Waals surface area contributed by atoms with Gasteiger partial charge in [0.05, 0.1) is 18.8 Å². The topological polar surface area (TPSA) is 80.9 Å². The average Bonchev–Trinajstić information content (AvgIpc) is 2.79. The fourth-order valence-electron chi connectivity index (χ4n) is 4.37.